The average molecular weight is 388 g/mol. The fourth-order valence-corrected chi connectivity index (χ4v) is 2.79. The minimum Gasteiger partial charge on any atom is -0.489 e. The molecule has 0 fully saturated rings. The second kappa shape index (κ2) is 9.35. The van der Waals surface area contributed by atoms with Gasteiger partial charge in [0, 0.05) is 6.54 Å². The predicted molar refractivity (Wildman–Crippen MR) is 105 cm³/mol. The Morgan fingerprint density at radius 3 is 2.41 bits per heavy atom. The lowest BCUT2D eigenvalue weighted by molar-refractivity contribution is 0.171. The van der Waals surface area contributed by atoms with E-state index in [1.807, 2.05) is 42.5 Å². The third-order valence-electron chi connectivity index (χ3n) is 4.14. The number of furan rings is 1. The first kappa shape index (κ1) is 19.1. The van der Waals surface area contributed by atoms with Crippen molar-refractivity contribution in [3.63, 3.8) is 0 Å². The molecule has 0 atom stereocenters. The van der Waals surface area contributed by atoms with Crippen LogP contribution in [0.3, 0.4) is 0 Å². The molecular formula is C21H22ClNO4. The van der Waals surface area contributed by atoms with Gasteiger partial charge in [-0.15, -0.1) is 12.4 Å². The highest BCUT2D eigenvalue weighted by Crippen LogP contribution is 2.31. The van der Waals surface area contributed by atoms with Gasteiger partial charge >= 0.3 is 0 Å². The molecular weight excluding hydrogens is 366 g/mol. The van der Waals surface area contributed by atoms with E-state index in [4.69, 9.17) is 18.6 Å². The molecule has 0 bridgehead atoms. The first-order valence-electron chi connectivity index (χ1n) is 8.70. The van der Waals surface area contributed by atoms with Gasteiger partial charge < -0.3 is 23.9 Å². The molecule has 0 saturated carbocycles. The highest BCUT2D eigenvalue weighted by atomic mass is 35.5. The number of rotatable bonds is 7. The van der Waals surface area contributed by atoms with Crippen molar-refractivity contribution in [3.8, 4) is 17.2 Å². The summed E-state index contributed by atoms with van der Waals surface area (Å²) in [6.07, 6.45) is 1.69. The maximum Gasteiger partial charge on any atom is 0.161 e. The van der Waals surface area contributed by atoms with Gasteiger partial charge in [0.05, 0.1) is 12.8 Å². The number of hydrogen-bond acceptors (Lipinski definition) is 5. The lowest BCUT2D eigenvalue weighted by Crippen LogP contribution is -2.15. The quantitative estimate of drug-likeness (QED) is 0.653. The van der Waals surface area contributed by atoms with Crippen LogP contribution in [-0.4, -0.2) is 13.2 Å². The van der Waals surface area contributed by atoms with E-state index in [-0.39, 0.29) is 12.4 Å². The van der Waals surface area contributed by atoms with Crippen LogP contribution in [0.4, 0.5) is 0 Å². The van der Waals surface area contributed by atoms with Gasteiger partial charge in [0.25, 0.3) is 0 Å². The Kier molecular flexibility index (Phi) is 6.63. The number of fused-ring (bicyclic) bond motifs is 1. The van der Waals surface area contributed by atoms with Crippen LogP contribution in [0.5, 0.6) is 17.2 Å². The highest BCUT2D eigenvalue weighted by Gasteiger charge is 2.11. The molecule has 0 saturated heterocycles. The van der Waals surface area contributed by atoms with Crippen molar-refractivity contribution < 1.29 is 18.6 Å². The second-order valence-electron chi connectivity index (χ2n) is 6.09. The van der Waals surface area contributed by atoms with Crippen molar-refractivity contribution in [3.05, 3.63) is 77.7 Å². The molecule has 142 valence electrons. The van der Waals surface area contributed by atoms with Gasteiger partial charge in [0.15, 0.2) is 11.5 Å². The molecule has 1 aromatic heterocycles. The van der Waals surface area contributed by atoms with Crippen LogP contribution in [0.15, 0.2) is 65.3 Å². The minimum atomic E-state index is 0. The van der Waals surface area contributed by atoms with Crippen LogP contribution >= 0.6 is 12.4 Å². The summed E-state index contributed by atoms with van der Waals surface area (Å²) in [7, 11) is 0. The topological polar surface area (TPSA) is 52.9 Å². The Bertz CT molecular complexity index is 834. The third-order valence-corrected chi connectivity index (χ3v) is 4.14. The van der Waals surface area contributed by atoms with E-state index < -0.39 is 0 Å². The van der Waals surface area contributed by atoms with Gasteiger partial charge in [-0.2, -0.15) is 0 Å². The summed E-state index contributed by atoms with van der Waals surface area (Å²) >= 11 is 0. The molecule has 0 spiro atoms. The number of halogens is 1. The maximum absolute atomic E-state index is 5.87. The van der Waals surface area contributed by atoms with Crippen LogP contribution < -0.4 is 19.5 Å². The van der Waals surface area contributed by atoms with Crippen molar-refractivity contribution in [1.82, 2.24) is 5.32 Å². The fraction of sp³-hybridized carbons (Fsp3) is 0.238. The molecule has 0 amide bonds. The molecule has 5 nitrogen and oxygen atoms in total. The Balaban J connectivity index is 0.00000210. The van der Waals surface area contributed by atoms with Gasteiger partial charge in [0.2, 0.25) is 0 Å². The molecule has 6 heteroatoms. The van der Waals surface area contributed by atoms with E-state index in [1.165, 1.54) is 5.56 Å². The Labute approximate surface area is 164 Å². The molecule has 3 aromatic rings. The van der Waals surface area contributed by atoms with Crippen LogP contribution in [0, 0.1) is 0 Å². The van der Waals surface area contributed by atoms with E-state index in [0.29, 0.717) is 19.8 Å². The maximum atomic E-state index is 5.87. The monoisotopic (exact) mass is 387 g/mol. The number of benzene rings is 2. The molecule has 4 rings (SSSR count). The standard InChI is InChI=1S/C21H21NO4.ClH/c1-2-19(23-9-1)14-22-13-16-3-6-18(7-4-16)26-15-17-5-8-20-21(12-17)25-11-10-24-20;/h1-9,12,22H,10-11,13-15H2;1H. The van der Waals surface area contributed by atoms with E-state index >= 15 is 0 Å². The first-order chi connectivity index (χ1) is 12.9. The molecule has 1 aliphatic heterocycles. The minimum absolute atomic E-state index is 0. The van der Waals surface area contributed by atoms with Gasteiger partial charge in [-0.05, 0) is 47.5 Å². The Hall–Kier alpha value is -2.63. The van der Waals surface area contributed by atoms with Gasteiger partial charge in [-0.3, -0.25) is 0 Å². The summed E-state index contributed by atoms with van der Waals surface area (Å²) in [5, 5.41) is 3.35. The van der Waals surface area contributed by atoms with Gasteiger partial charge in [-0.25, -0.2) is 0 Å². The van der Waals surface area contributed by atoms with Crippen LogP contribution in [0.1, 0.15) is 16.9 Å². The molecule has 1 aliphatic rings. The van der Waals surface area contributed by atoms with Gasteiger partial charge in [-0.1, -0.05) is 18.2 Å². The van der Waals surface area contributed by atoms with Crippen molar-refractivity contribution in [2.24, 2.45) is 0 Å². The van der Waals surface area contributed by atoms with E-state index in [0.717, 1.165) is 41.7 Å². The summed E-state index contributed by atoms with van der Waals surface area (Å²) in [5.74, 6) is 3.36. The first-order valence-corrected chi connectivity index (χ1v) is 8.70. The zero-order chi connectivity index (χ0) is 17.6. The summed E-state index contributed by atoms with van der Waals surface area (Å²) in [6.45, 7) is 3.18. The van der Waals surface area contributed by atoms with Crippen LogP contribution in [-0.2, 0) is 19.7 Å². The second-order valence-corrected chi connectivity index (χ2v) is 6.09. The van der Waals surface area contributed by atoms with E-state index in [2.05, 4.69) is 17.4 Å². The average Bonchev–Trinajstić information content (AvgIpc) is 3.21. The summed E-state index contributed by atoms with van der Waals surface area (Å²) in [5.41, 5.74) is 2.25. The molecule has 0 radical (unpaired) electrons. The Morgan fingerprint density at radius 1 is 0.852 bits per heavy atom. The third kappa shape index (κ3) is 5.18. The van der Waals surface area contributed by atoms with Crippen molar-refractivity contribution in [2.75, 3.05) is 13.2 Å². The summed E-state index contributed by atoms with van der Waals surface area (Å²) in [6, 6.07) is 17.9. The molecule has 2 aromatic carbocycles. The summed E-state index contributed by atoms with van der Waals surface area (Å²) in [4.78, 5) is 0. The molecule has 0 aliphatic carbocycles. The van der Waals surface area contributed by atoms with Crippen LogP contribution in [0.25, 0.3) is 0 Å². The number of nitrogens with one attached hydrogen (secondary N) is 1. The van der Waals surface area contributed by atoms with E-state index in [9.17, 15) is 0 Å². The lowest BCUT2D eigenvalue weighted by Gasteiger charge is -2.19. The molecule has 2 heterocycles. The number of ether oxygens (including phenoxy) is 3. The fourth-order valence-electron chi connectivity index (χ4n) is 2.79. The van der Waals surface area contributed by atoms with Crippen molar-refractivity contribution >= 4 is 12.4 Å². The van der Waals surface area contributed by atoms with Crippen molar-refractivity contribution in [2.45, 2.75) is 19.7 Å². The smallest absolute Gasteiger partial charge is 0.161 e. The predicted octanol–water partition coefficient (Wildman–Crippen LogP) is 4.34. The normalized spacial score (nSPS) is 12.3. The number of hydrogen-bond donors (Lipinski definition) is 1. The van der Waals surface area contributed by atoms with Crippen molar-refractivity contribution in [1.29, 1.82) is 0 Å². The molecule has 0 unspecified atom stereocenters. The SMILES string of the molecule is Cl.c1coc(CNCc2ccc(OCc3ccc4c(c3)OCCO4)cc2)c1. The van der Waals surface area contributed by atoms with Gasteiger partial charge in [0.1, 0.15) is 31.3 Å². The van der Waals surface area contributed by atoms with Crippen LogP contribution in [0.2, 0.25) is 0 Å². The molecule has 27 heavy (non-hydrogen) atoms. The lowest BCUT2D eigenvalue weighted by atomic mass is 10.2. The molecule has 1 N–H and O–H groups in total. The highest BCUT2D eigenvalue weighted by molar-refractivity contribution is 5.85. The Morgan fingerprint density at radius 2 is 1.63 bits per heavy atom. The van der Waals surface area contributed by atoms with E-state index in [1.54, 1.807) is 6.26 Å². The zero-order valence-electron chi connectivity index (χ0n) is 14.9. The summed E-state index contributed by atoms with van der Waals surface area (Å²) < 4.78 is 22.3. The largest absolute Gasteiger partial charge is 0.489 e. The zero-order valence-corrected chi connectivity index (χ0v) is 15.7.